The van der Waals surface area contributed by atoms with Crippen LogP contribution in [0.4, 0.5) is 0 Å². The summed E-state index contributed by atoms with van der Waals surface area (Å²) in [5, 5.41) is 0. The van der Waals surface area contributed by atoms with E-state index >= 15 is 0 Å². The summed E-state index contributed by atoms with van der Waals surface area (Å²) in [5.41, 5.74) is 8.98. The molecule has 2 N–H and O–H groups in total. The summed E-state index contributed by atoms with van der Waals surface area (Å²) in [6.07, 6.45) is 2.36. The van der Waals surface area contributed by atoms with Gasteiger partial charge in [-0.15, -0.1) is 11.8 Å². The monoisotopic (exact) mass is 221 g/mol. The van der Waals surface area contributed by atoms with Crippen molar-refractivity contribution >= 4 is 11.8 Å². The Balaban J connectivity index is 2.39. The van der Waals surface area contributed by atoms with Gasteiger partial charge in [-0.2, -0.15) is 0 Å². The number of thioether (sulfide) groups is 1. The van der Waals surface area contributed by atoms with E-state index in [1.54, 1.807) is 0 Å². The molecule has 1 atom stereocenters. The summed E-state index contributed by atoms with van der Waals surface area (Å²) in [7, 11) is 0. The number of nitrogens with two attached hydrogens (primary N) is 1. The Hall–Kier alpha value is -0.470. The Morgan fingerprint density at radius 3 is 2.93 bits per heavy atom. The predicted molar refractivity (Wildman–Crippen MR) is 67.4 cm³/mol. The average Bonchev–Trinajstić information content (AvgIpc) is 2.40. The van der Waals surface area contributed by atoms with Crippen LogP contribution in [0.25, 0.3) is 0 Å². The molecular formula is C13H19NS. The highest BCUT2D eigenvalue weighted by atomic mass is 32.2. The summed E-state index contributed by atoms with van der Waals surface area (Å²) in [6.45, 7) is 4.47. The van der Waals surface area contributed by atoms with Crippen molar-refractivity contribution in [2.24, 2.45) is 5.73 Å². The minimum absolute atomic E-state index is 0.244. The molecule has 1 aromatic rings. The standard InChI is InChI=1S/C13H19NS/c1-9(2)10-5-6-13-11(8-10)12(14)4-3-7-15-13/h5-6,8-9,12H,3-4,7,14H2,1-2H3. The van der Waals surface area contributed by atoms with E-state index in [-0.39, 0.29) is 6.04 Å². The maximum atomic E-state index is 6.20. The quantitative estimate of drug-likeness (QED) is 0.782. The summed E-state index contributed by atoms with van der Waals surface area (Å²) in [4.78, 5) is 1.39. The third-order valence-corrected chi connectivity index (χ3v) is 4.19. The maximum absolute atomic E-state index is 6.20. The third-order valence-electron chi connectivity index (χ3n) is 3.02. The highest BCUT2D eigenvalue weighted by Gasteiger charge is 2.16. The lowest BCUT2D eigenvalue weighted by atomic mass is 9.96. The molecule has 1 aliphatic rings. The van der Waals surface area contributed by atoms with Gasteiger partial charge in [0.2, 0.25) is 0 Å². The van der Waals surface area contributed by atoms with Crippen molar-refractivity contribution < 1.29 is 0 Å². The molecule has 1 aromatic carbocycles. The fourth-order valence-corrected chi connectivity index (χ4v) is 3.06. The van der Waals surface area contributed by atoms with Crippen LogP contribution < -0.4 is 5.73 Å². The van der Waals surface area contributed by atoms with Crippen LogP contribution in [0.5, 0.6) is 0 Å². The second kappa shape index (κ2) is 4.58. The van der Waals surface area contributed by atoms with Gasteiger partial charge < -0.3 is 5.73 Å². The molecule has 2 heteroatoms. The van der Waals surface area contributed by atoms with E-state index in [4.69, 9.17) is 5.73 Å². The highest BCUT2D eigenvalue weighted by molar-refractivity contribution is 7.99. The van der Waals surface area contributed by atoms with E-state index in [0.717, 1.165) is 6.42 Å². The first kappa shape index (κ1) is 11.0. The second-order valence-electron chi connectivity index (χ2n) is 4.55. The third kappa shape index (κ3) is 2.37. The van der Waals surface area contributed by atoms with Crippen molar-refractivity contribution in [3.05, 3.63) is 29.3 Å². The van der Waals surface area contributed by atoms with Gasteiger partial charge in [0, 0.05) is 10.9 Å². The molecule has 82 valence electrons. The van der Waals surface area contributed by atoms with Crippen molar-refractivity contribution in [2.75, 3.05) is 5.75 Å². The summed E-state index contributed by atoms with van der Waals surface area (Å²) in [5.74, 6) is 1.80. The molecule has 2 rings (SSSR count). The van der Waals surface area contributed by atoms with Crippen LogP contribution in [0.1, 0.15) is 49.8 Å². The Kier molecular flexibility index (Phi) is 3.37. The SMILES string of the molecule is CC(C)c1ccc2c(c1)C(N)CCCS2. The smallest absolute Gasteiger partial charge is 0.0306 e. The Morgan fingerprint density at radius 2 is 2.20 bits per heavy atom. The highest BCUT2D eigenvalue weighted by Crippen LogP contribution is 2.35. The number of fused-ring (bicyclic) bond motifs is 1. The molecule has 0 aliphatic carbocycles. The molecule has 0 bridgehead atoms. The topological polar surface area (TPSA) is 26.0 Å². The van der Waals surface area contributed by atoms with Crippen molar-refractivity contribution in [3.63, 3.8) is 0 Å². The van der Waals surface area contributed by atoms with Crippen molar-refractivity contribution in [1.82, 2.24) is 0 Å². The van der Waals surface area contributed by atoms with E-state index in [2.05, 4.69) is 32.0 Å². The van der Waals surface area contributed by atoms with Crippen LogP contribution in [0, 0.1) is 0 Å². The van der Waals surface area contributed by atoms with Gasteiger partial charge in [0.25, 0.3) is 0 Å². The fraction of sp³-hybridized carbons (Fsp3) is 0.538. The molecule has 0 saturated carbocycles. The molecule has 1 heterocycles. The average molecular weight is 221 g/mol. The molecule has 0 fully saturated rings. The number of rotatable bonds is 1. The Labute approximate surface area is 96.4 Å². The molecule has 0 amide bonds. The number of benzene rings is 1. The minimum atomic E-state index is 0.244. The predicted octanol–water partition coefficient (Wildman–Crippen LogP) is 3.70. The molecule has 0 radical (unpaired) electrons. The van der Waals surface area contributed by atoms with Gasteiger partial charge in [0.05, 0.1) is 0 Å². The summed E-state index contributed by atoms with van der Waals surface area (Å²) in [6, 6.07) is 7.05. The molecule has 1 unspecified atom stereocenters. The van der Waals surface area contributed by atoms with Gasteiger partial charge in [0.15, 0.2) is 0 Å². The maximum Gasteiger partial charge on any atom is 0.0306 e. The van der Waals surface area contributed by atoms with Gasteiger partial charge in [0.1, 0.15) is 0 Å². The van der Waals surface area contributed by atoms with Gasteiger partial charge in [-0.05, 0) is 41.7 Å². The van der Waals surface area contributed by atoms with Crippen molar-refractivity contribution in [3.8, 4) is 0 Å². The lowest BCUT2D eigenvalue weighted by molar-refractivity contribution is 0.638. The molecular weight excluding hydrogens is 202 g/mol. The summed E-state index contributed by atoms with van der Waals surface area (Å²) < 4.78 is 0. The second-order valence-corrected chi connectivity index (χ2v) is 5.69. The van der Waals surface area contributed by atoms with Crippen LogP contribution in [0.3, 0.4) is 0 Å². The first-order valence-corrected chi connectivity index (χ1v) is 6.69. The molecule has 0 aromatic heterocycles. The van der Waals surface area contributed by atoms with Gasteiger partial charge >= 0.3 is 0 Å². The van der Waals surface area contributed by atoms with Crippen LogP contribution in [0.2, 0.25) is 0 Å². The van der Waals surface area contributed by atoms with E-state index in [1.807, 2.05) is 11.8 Å². The van der Waals surface area contributed by atoms with E-state index in [1.165, 1.54) is 28.2 Å². The zero-order valence-corrected chi connectivity index (χ0v) is 10.3. The molecule has 0 saturated heterocycles. The van der Waals surface area contributed by atoms with Crippen molar-refractivity contribution in [1.29, 1.82) is 0 Å². The number of hydrogen-bond acceptors (Lipinski definition) is 2. The van der Waals surface area contributed by atoms with Crippen LogP contribution in [-0.2, 0) is 0 Å². The molecule has 15 heavy (non-hydrogen) atoms. The molecule has 1 nitrogen and oxygen atoms in total. The van der Waals surface area contributed by atoms with E-state index in [0.29, 0.717) is 5.92 Å². The van der Waals surface area contributed by atoms with Crippen LogP contribution in [0.15, 0.2) is 23.1 Å². The zero-order valence-electron chi connectivity index (χ0n) is 9.49. The first-order valence-electron chi connectivity index (χ1n) is 5.70. The van der Waals surface area contributed by atoms with E-state index < -0.39 is 0 Å². The van der Waals surface area contributed by atoms with Crippen molar-refractivity contribution in [2.45, 2.75) is 43.5 Å². The lowest BCUT2D eigenvalue weighted by Crippen LogP contribution is -2.10. The van der Waals surface area contributed by atoms with Crippen LogP contribution in [-0.4, -0.2) is 5.75 Å². The normalized spacial score (nSPS) is 21.2. The van der Waals surface area contributed by atoms with Gasteiger partial charge in [-0.25, -0.2) is 0 Å². The number of hydrogen-bond donors (Lipinski definition) is 1. The minimum Gasteiger partial charge on any atom is -0.324 e. The summed E-state index contributed by atoms with van der Waals surface area (Å²) >= 11 is 1.95. The molecule has 0 spiro atoms. The fourth-order valence-electron chi connectivity index (χ4n) is 1.99. The molecule has 1 aliphatic heterocycles. The zero-order chi connectivity index (χ0) is 10.8. The Bertz CT molecular complexity index is 346. The largest absolute Gasteiger partial charge is 0.324 e. The van der Waals surface area contributed by atoms with Crippen LogP contribution >= 0.6 is 11.8 Å². The Morgan fingerprint density at radius 1 is 1.40 bits per heavy atom. The van der Waals surface area contributed by atoms with E-state index in [9.17, 15) is 0 Å². The van der Waals surface area contributed by atoms with Gasteiger partial charge in [-0.1, -0.05) is 26.0 Å². The van der Waals surface area contributed by atoms with Gasteiger partial charge in [-0.3, -0.25) is 0 Å². The first-order chi connectivity index (χ1) is 7.18. The lowest BCUT2D eigenvalue weighted by Gasteiger charge is -2.15.